The van der Waals surface area contributed by atoms with E-state index in [9.17, 15) is 0 Å². The molecule has 4 aliphatic heterocycles. The number of rotatable bonds is 9. The minimum Gasteiger partial charge on any atom is -0.497 e. The maximum absolute atomic E-state index is 7.25. The zero-order chi connectivity index (χ0) is 33.4. The van der Waals surface area contributed by atoms with Crippen molar-refractivity contribution in [3.8, 4) is 5.75 Å². The Bertz CT molecular complexity index is 1500. The number of fused-ring (bicyclic) bond motifs is 1. The Hall–Kier alpha value is -2.82. The molecule has 0 N–H and O–H groups in total. The van der Waals surface area contributed by atoms with E-state index in [0.717, 1.165) is 37.0 Å². The van der Waals surface area contributed by atoms with Gasteiger partial charge in [-0.05, 0) is 45.6 Å². The van der Waals surface area contributed by atoms with Gasteiger partial charge in [-0.3, -0.25) is 0 Å². The van der Waals surface area contributed by atoms with Crippen molar-refractivity contribution >= 4 is 18.7 Å². The fraction of sp³-hybridized carbons (Fsp3) is 0.500. The quantitative estimate of drug-likeness (QED) is 0.182. The molecule has 8 heteroatoms. The third-order valence-electron chi connectivity index (χ3n) is 10.7. The van der Waals surface area contributed by atoms with Crippen molar-refractivity contribution < 1.29 is 32.8 Å². The predicted octanol–water partition coefficient (Wildman–Crippen LogP) is 6.88. The second-order valence-corrected chi connectivity index (χ2v) is 19.2. The molecule has 2 unspecified atom stereocenters. The summed E-state index contributed by atoms with van der Waals surface area (Å²) in [6, 6.07) is 29.5. The van der Waals surface area contributed by atoms with Crippen molar-refractivity contribution in [3.63, 3.8) is 0 Å². The molecular formula is C40H50O7Si. The minimum absolute atomic E-state index is 0.0197. The summed E-state index contributed by atoms with van der Waals surface area (Å²) in [5, 5.41) is 2.47. The van der Waals surface area contributed by atoms with Crippen LogP contribution in [-0.2, 0) is 34.7 Å². The van der Waals surface area contributed by atoms with Crippen molar-refractivity contribution in [2.45, 2.75) is 108 Å². The Morgan fingerprint density at radius 2 is 1.52 bits per heavy atom. The SMILES string of the molecule is COc1ccc(COC2C=CCC3(CC[C@@]4(O[C@@H]5C[C@@H](CO[Si](c6ccccc6)(c6ccccc6)C(C)(C)C)O[C@@H]5C[C@H]4C)O3)O2)cc1. The topological polar surface area (TPSA) is 64.6 Å². The van der Waals surface area contributed by atoms with Gasteiger partial charge in [-0.2, -0.15) is 0 Å². The molecule has 0 saturated carbocycles. The molecule has 256 valence electrons. The molecule has 4 heterocycles. The molecule has 0 bridgehead atoms. The number of methoxy groups -OCH3 is 1. The first kappa shape index (κ1) is 33.7. The molecule has 0 amide bonds. The van der Waals surface area contributed by atoms with Gasteiger partial charge in [-0.25, -0.2) is 0 Å². The van der Waals surface area contributed by atoms with E-state index in [-0.39, 0.29) is 29.3 Å². The van der Waals surface area contributed by atoms with Crippen LogP contribution in [0.3, 0.4) is 0 Å². The van der Waals surface area contributed by atoms with Gasteiger partial charge in [-0.1, -0.05) is 107 Å². The molecule has 7 nitrogen and oxygen atoms in total. The zero-order valence-corrected chi connectivity index (χ0v) is 29.9. The highest BCUT2D eigenvalue weighted by atomic mass is 28.4. The van der Waals surface area contributed by atoms with Crippen LogP contribution in [0.25, 0.3) is 0 Å². The maximum atomic E-state index is 7.25. The van der Waals surface area contributed by atoms with Crippen LogP contribution >= 0.6 is 0 Å². The Labute approximate surface area is 286 Å². The van der Waals surface area contributed by atoms with Crippen LogP contribution in [0, 0.1) is 5.92 Å². The molecule has 0 aliphatic carbocycles. The highest BCUT2D eigenvalue weighted by Gasteiger charge is 2.60. The van der Waals surface area contributed by atoms with Gasteiger partial charge in [0.05, 0.1) is 38.6 Å². The molecule has 2 spiro atoms. The van der Waals surface area contributed by atoms with E-state index in [1.54, 1.807) is 7.11 Å². The molecule has 3 fully saturated rings. The third-order valence-corrected chi connectivity index (χ3v) is 15.7. The average Bonchev–Trinajstić information content (AvgIpc) is 3.65. The van der Waals surface area contributed by atoms with Gasteiger partial charge >= 0.3 is 0 Å². The third kappa shape index (κ3) is 6.44. The van der Waals surface area contributed by atoms with Gasteiger partial charge in [0.1, 0.15) is 5.75 Å². The molecular weight excluding hydrogens is 621 g/mol. The van der Waals surface area contributed by atoms with E-state index in [2.05, 4.69) is 94.4 Å². The maximum Gasteiger partial charge on any atom is 0.261 e. The van der Waals surface area contributed by atoms with Crippen molar-refractivity contribution in [2.75, 3.05) is 13.7 Å². The molecule has 48 heavy (non-hydrogen) atoms. The average molecular weight is 671 g/mol. The predicted molar refractivity (Wildman–Crippen MR) is 188 cm³/mol. The summed E-state index contributed by atoms with van der Waals surface area (Å²) in [5.74, 6) is -0.483. The number of ether oxygens (including phenoxy) is 6. The molecule has 0 radical (unpaired) electrons. The summed E-state index contributed by atoms with van der Waals surface area (Å²) in [5.41, 5.74) is 1.06. The second kappa shape index (κ2) is 13.5. The highest BCUT2D eigenvalue weighted by molar-refractivity contribution is 6.99. The fourth-order valence-corrected chi connectivity index (χ4v) is 12.8. The normalized spacial score (nSPS) is 31.7. The summed E-state index contributed by atoms with van der Waals surface area (Å²) in [6.45, 7) is 10.1. The molecule has 3 aromatic rings. The van der Waals surface area contributed by atoms with Gasteiger partial charge in [0, 0.05) is 31.6 Å². The Morgan fingerprint density at radius 3 is 2.17 bits per heavy atom. The van der Waals surface area contributed by atoms with Gasteiger partial charge in [-0.15, -0.1) is 0 Å². The first-order valence-corrected chi connectivity index (χ1v) is 19.4. The molecule has 3 saturated heterocycles. The van der Waals surface area contributed by atoms with E-state index >= 15 is 0 Å². The number of hydrogen-bond acceptors (Lipinski definition) is 7. The molecule has 0 aromatic heterocycles. The summed E-state index contributed by atoms with van der Waals surface area (Å²) in [4.78, 5) is 0. The van der Waals surface area contributed by atoms with Crippen LogP contribution in [0.15, 0.2) is 97.1 Å². The summed E-state index contributed by atoms with van der Waals surface area (Å²) < 4.78 is 45.7. The standard InChI is InChI=1S/C40H50O7Si/c1-29-25-35-36(26-32(44-35)28-43-48(38(2,3)4,33-13-8-6-9-14-33)34-15-10-7-11-16-34)45-40(29)24-23-39(47-40)22-12-17-37(46-39)42-27-30-18-20-31(41-5)21-19-30/h6-21,29,32,35-37H,22-28H2,1-5H3/t29-,32+,35-,36-,37?,39?,40-/m1/s1. The number of hydrogen-bond donors (Lipinski definition) is 0. The first-order valence-electron chi connectivity index (χ1n) is 17.5. The summed E-state index contributed by atoms with van der Waals surface area (Å²) in [6.07, 6.45) is 7.39. The highest BCUT2D eigenvalue weighted by Crippen LogP contribution is 2.53. The smallest absolute Gasteiger partial charge is 0.261 e. The van der Waals surface area contributed by atoms with Crippen molar-refractivity contribution in [3.05, 3.63) is 103 Å². The second-order valence-electron chi connectivity index (χ2n) is 14.9. The van der Waals surface area contributed by atoms with E-state index in [0.29, 0.717) is 19.6 Å². The van der Waals surface area contributed by atoms with Crippen LogP contribution in [0.2, 0.25) is 5.04 Å². The lowest BCUT2D eigenvalue weighted by atomic mass is 9.86. The largest absolute Gasteiger partial charge is 0.497 e. The summed E-state index contributed by atoms with van der Waals surface area (Å²) >= 11 is 0. The molecule has 4 aliphatic rings. The molecule has 3 aromatic carbocycles. The zero-order valence-electron chi connectivity index (χ0n) is 28.9. The van der Waals surface area contributed by atoms with E-state index in [1.165, 1.54) is 10.4 Å². The van der Waals surface area contributed by atoms with Gasteiger partial charge in [0.25, 0.3) is 8.32 Å². The van der Waals surface area contributed by atoms with Crippen LogP contribution in [0.5, 0.6) is 5.75 Å². The lowest BCUT2D eigenvalue weighted by molar-refractivity contribution is -0.382. The van der Waals surface area contributed by atoms with Crippen LogP contribution in [0.4, 0.5) is 0 Å². The lowest BCUT2D eigenvalue weighted by Crippen LogP contribution is -2.67. The Kier molecular flexibility index (Phi) is 9.45. The van der Waals surface area contributed by atoms with Gasteiger partial charge in [0.2, 0.25) is 0 Å². The lowest BCUT2D eigenvalue weighted by Gasteiger charge is -2.45. The van der Waals surface area contributed by atoms with Crippen LogP contribution in [0.1, 0.15) is 65.4 Å². The molecule has 7 atom stereocenters. The first-order chi connectivity index (χ1) is 23.1. The van der Waals surface area contributed by atoms with Crippen molar-refractivity contribution in [1.82, 2.24) is 0 Å². The number of benzene rings is 3. The van der Waals surface area contributed by atoms with E-state index < -0.39 is 26.2 Å². The molecule has 7 rings (SSSR count). The van der Waals surface area contributed by atoms with Crippen LogP contribution < -0.4 is 15.1 Å². The monoisotopic (exact) mass is 670 g/mol. The van der Waals surface area contributed by atoms with Gasteiger partial charge < -0.3 is 32.8 Å². The van der Waals surface area contributed by atoms with E-state index in [1.807, 2.05) is 30.3 Å². The summed E-state index contributed by atoms with van der Waals surface area (Å²) in [7, 11) is -0.996. The Balaban J connectivity index is 1.01. The van der Waals surface area contributed by atoms with Crippen LogP contribution in [-0.4, -0.2) is 58.2 Å². The van der Waals surface area contributed by atoms with Gasteiger partial charge in [0.15, 0.2) is 17.9 Å². The van der Waals surface area contributed by atoms with E-state index in [4.69, 9.17) is 32.8 Å². The minimum atomic E-state index is -2.66. The fourth-order valence-electron chi connectivity index (χ4n) is 8.21. The Morgan fingerprint density at radius 1 is 0.833 bits per heavy atom. The van der Waals surface area contributed by atoms with Crippen molar-refractivity contribution in [2.24, 2.45) is 5.92 Å². The van der Waals surface area contributed by atoms with Crippen molar-refractivity contribution in [1.29, 1.82) is 0 Å².